The van der Waals surface area contributed by atoms with Crippen molar-refractivity contribution < 1.29 is 19.3 Å². The third-order valence-corrected chi connectivity index (χ3v) is 3.36. The second-order valence-electron chi connectivity index (χ2n) is 4.76. The van der Waals surface area contributed by atoms with Gasteiger partial charge >= 0.3 is 5.69 Å². The predicted octanol–water partition coefficient (Wildman–Crippen LogP) is -0.747. The first-order valence-electron chi connectivity index (χ1n) is 5.81. The van der Waals surface area contributed by atoms with E-state index >= 15 is 0 Å². The van der Waals surface area contributed by atoms with Crippen LogP contribution in [-0.2, 0) is 4.74 Å². The lowest BCUT2D eigenvalue weighted by Gasteiger charge is -2.27. The number of aromatic amines is 1. The van der Waals surface area contributed by atoms with E-state index < -0.39 is 35.0 Å². The molecule has 0 radical (unpaired) electrons. The summed E-state index contributed by atoms with van der Waals surface area (Å²) in [6.45, 7) is 2.61. The van der Waals surface area contributed by atoms with Crippen molar-refractivity contribution in [1.29, 1.82) is 0 Å². The molecule has 1 aliphatic rings. The van der Waals surface area contributed by atoms with Crippen LogP contribution < -0.4 is 11.2 Å². The van der Waals surface area contributed by atoms with Gasteiger partial charge in [0, 0.05) is 18.7 Å². The summed E-state index contributed by atoms with van der Waals surface area (Å²) in [5.74, 6) is -2.45. The molecule has 4 atom stereocenters. The summed E-state index contributed by atoms with van der Waals surface area (Å²) in [6.07, 6.45) is -2.36. The lowest BCUT2D eigenvalue weighted by Crippen LogP contribution is -2.48. The minimum atomic E-state index is -2.45. The van der Waals surface area contributed by atoms with E-state index in [2.05, 4.69) is 0 Å². The number of aliphatic hydroxyl groups excluding tert-OH is 1. The van der Waals surface area contributed by atoms with Gasteiger partial charge in [0.2, 0.25) is 5.85 Å². The standard InChI is InChI=1S/C11H15FN2O5/c1-3-11(12)7(16)10(2,18)8(19-11)14-5-4-6(15)13-9(14)17/h4-5,7-8,16,18H,3H2,1-2H3,(H,13,15,17). The van der Waals surface area contributed by atoms with Crippen molar-refractivity contribution in [2.75, 3.05) is 0 Å². The summed E-state index contributed by atoms with van der Waals surface area (Å²) in [5, 5.41) is 20.0. The van der Waals surface area contributed by atoms with E-state index in [4.69, 9.17) is 4.74 Å². The van der Waals surface area contributed by atoms with Crippen molar-refractivity contribution in [3.8, 4) is 0 Å². The topological polar surface area (TPSA) is 105 Å². The number of nitrogens with zero attached hydrogens (tertiary/aromatic N) is 1. The SMILES string of the molecule is CCC1(F)OC(n2ccc(=O)[nH]c2=O)C(C)(O)C1O. The third-order valence-electron chi connectivity index (χ3n) is 3.36. The maximum atomic E-state index is 14.3. The zero-order valence-corrected chi connectivity index (χ0v) is 10.5. The molecule has 0 saturated carbocycles. The number of aromatic nitrogens is 2. The second kappa shape index (κ2) is 4.26. The summed E-state index contributed by atoms with van der Waals surface area (Å²) in [7, 11) is 0. The number of ether oxygens (including phenoxy) is 1. The smallest absolute Gasteiger partial charge is 0.330 e. The number of halogens is 1. The molecule has 106 valence electrons. The molecule has 2 rings (SSSR count). The number of alkyl halides is 1. The van der Waals surface area contributed by atoms with Crippen LogP contribution in [0, 0.1) is 0 Å². The van der Waals surface area contributed by atoms with Gasteiger partial charge in [0.25, 0.3) is 5.56 Å². The van der Waals surface area contributed by atoms with Crippen LogP contribution in [0.15, 0.2) is 21.9 Å². The first-order valence-corrected chi connectivity index (χ1v) is 5.81. The van der Waals surface area contributed by atoms with Crippen LogP contribution in [0.25, 0.3) is 0 Å². The lowest BCUT2D eigenvalue weighted by atomic mass is 9.94. The van der Waals surface area contributed by atoms with E-state index in [1.54, 1.807) is 0 Å². The highest BCUT2D eigenvalue weighted by atomic mass is 19.2. The van der Waals surface area contributed by atoms with Crippen molar-refractivity contribution in [2.45, 2.75) is 44.1 Å². The Labute approximate surface area is 107 Å². The van der Waals surface area contributed by atoms with Gasteiger partial charge in [-0.25, -0.2) is 9.18 Å². The lowest BCUT2D eigenvalue weighted by molar-refractivity contribution is -0.188. The first-order chi connectivity index (χ1) is 8.72. The van der Waals surface area contributed by atoms with E-state index in [1.165, 1.54) is 6.92 Å². The molecule has 0 spiro atoms. The highest BCUT2D eigenvalue weighted by Gasteiger charge is 2.62. The maximum Gasteiger partial charge on any atom is 0.330 e. The Morgan fingerprint density at radius 2 is 2.21 bits per heavy atom. The average molecular weight is 274 g/mol. The molecule has 0 aromatic carbocycles. The molecule has 2 heterocycles. The molecule has 0 aliphatic carbocycles. The van der Waals surface area contributed by atoms with Crippen LogP contribution in [0.2, 0.25) is 0 Å². The Balaban J connectivity index is 2.51. The molecular weight excluding hydrogens is 259 g/mol. The zero-order chi connectivity index (χ0) is 14.4. The van der Waals surface area contributed by atoms with Gasteiger partial charge in [-0.3, -0.25) is 14.3 Å². The van der Waals surface area contributed by atoms with Crippen LogP contribution in [0.5, 0.6) is 0 Å². The molecular formula is C11H15FN2O5. The number of aliphatic hydroxyl groups is 2. The zero-order valence-electron chi connectivity index (χ0n) is 10.5. The summed E-state index contributed by atoms with van der Waals surface area (Å²) in [5.41, 5.74) is -3.49. The summed E-state index contributed by atoms with van der Waals surface area (Å²) < 4.78 is 20.1. The van der Waals surface area contributed by atoms with Crippen LogP contribution in [0.3, 0.4) is 0 Å². The summed E-state index contributed by atoms with van der Waals surface area (Å²) in [4.78, 5) is 24.6. The highest BCUT2D eigenvalue weighted by Crippen LogP contribution is 2.45. The van der Waals surface area contributed by atoms with Crippen molar-refractivity contribution in [3.63, 3.8) is 0 Å². The molecule has 1 aromatic rings. The largest absolute Gasteiger partial charge is 0.384 e. The highest BCUT2D eigenvalue weighted by molar-refractivity contribution is 5.03. The molecule has 1 aromatic heterocycles. The van der Waals surface area contributed by atoms with Gasteiger partial charge in [-0.2, -0.15) is 0 Å². The quantitative estimate of drug-likeness (QED) is 0.658. The molecule has 0 bridgehead atoms. The maximum absolute atomic E-state index is 14.3. The number of rotatable bonds is 2. The van der Waals surface area contributed by atoms with Crippen molar-refractivity contribution in [1.82, 2.24) is 9.55 Å². The molecule has 1 aliphatic heterocycles. The fourth-order valence-corrected chi connectivity index (χ4v) is 2.17. The normalized spacial score (nSPS) is 38.6. The van der Waals surface area contributed by atoms with Gasteiger partial charge in [0.05, 0.1) is 0 Å². The molecule has 1 fully saturated rings. The Morgan fingerprint density at radius 1 is 1.58 bits per heavy atom. The summed E-state index contributed by atoms with van der Waals surface area (Å²) in [6, 6.07) is 1.04. The predicted molar refractivity (Wildman–Crippen MR) is 62.2 cm³/mol. The fraction of sp³-hybridized carbons (Fsp3) is 0.636. The molecule has 19 heavy (non-hydrogen) atoms. The molecule has 8 heteroatoms. The average Bonchev–Trinajstić information content (AvgIpc) is 2.51. The van der Waals surface area contributed by atoms with Gasteiger partial charge in [-0.05, 0) is 6.92 Å². The van der Waals surface area contributed by atoms with Crippen LogP contribution in [0.1, 0.15) is 26.5 Å². The number of hydrogen-bond acceptors (Lipinski definition) is 5. The van der Waals surface area contributed by atoms with Gasteiger partial charge in [0.1, 0.15) is 11.7 Å². The van der Waals surface area contributed by atoms with E-state index in [1.807, 2.05) is 4.98 Å². The molecule has 4 unspecified atom stereocenters. The van der Waals surface area contributed by atoms with E-state index in [9.17, 15) is 24.2 Å². The van der Waals surface area contributed by atoms with E-state index in [0.29, 0.717) is 0 Å². The van der Waals surface area contributed by atoms with Crippen LogP contribution in [0.4, 0.5) is 4.39 Å². The molecule has 3 N–H and O–H groups in total. The Kier molecular flexibility index (Phi) is 3.12. The minimum Gasteiger partial charge on any atom is -0.384 e. The molecule has 7 nitrogen and oxygen atoms in total. The first kappa shape index (κ1) is 13.9. The van der Waals surface area contributed by atoms with Crippen LogP contribution >= 0.6 is 0 Å². The van der Waals surface area contributed by atoms with Crippen LogP contribution in [-0.4, -0.2) is 37.3 Å². The van der Waals surface area contributed by atoms with Gasteiger partial charge in [-0.15, -0.1) is 0 Å². The van der Waals surface area contributed by atoms with Crippen molar-refractivity contribution >= 4 is 0 Å². The van der Waals surface area contributed by atoms with Gasteiger partial charge < -0.3 is 14.9 Å². The Bertz CT molecular complexity index is 595. The number of nitrogens with one attached hydrogen (secondary N) is 1. The Morgan fingerprint density at radius 3 is 2.68 bits per heavy atom. The molecule has 1 saturated heterocycles. The van der Waals surface area contributed by atoms with E-state index in [-0.39, 0.29) is 6.42 Å². The summed E-state index contributed by atoms with van der Waals surface area (Å²) >= 11 is 0. The number of H-pyrrole nitrogens is 1. The van der Waals surface area contributed by atoms with Gasteiger partial charge in [0.15, 0.2) is 6.23 Å². The number of hydrogen-bond donors (Lipinski definition) is 3. The monoisotopic (exact) mass is 274 g/mol. The van der Waals surface area contributed by atoms with Gasteiger partial charge in [-0.1, -0.05) is 6.92 Å². The van der Waals surface area contributed by atoms with Crippen molar-refractivity contribution in [3.05, 3.63) is 33.1 Å². The second-order valence-corrected chi connectivity index (χ2v) is 4.76. The van der Waals surface area contributed by atoms with E-state index in [0.717, 1.165) is 23.8 Å². The minimum absolute atomic E-state index is 0.196. The molecule has 0 amide bonds. The Hall–Kier alpha value is -1.51. The third kappa shape index (κ3) is 2.01. The van der Waals surface area contributed by atoms with Crippen molar-refractivity contribution in [2.24, 2.45) is 0 Å². The fourth-order valence-electron chi connectivity index (χ4n) is 2.17.